The second-order valence-electron chi connectivity index (χ2n) is 7.26. The molecule has 0 spiro atoms. The van der Waals surface area contributed by atoms with E-state index < -0.39 is 10.0 Å². The zero-order chi connectivity index (χ0) is 21.5. The fourth-order valence-corrected chi connectivity index (χ4v) is 4.12. The van der Waals surface area contributed by atoms with Crippen LogP contribution < -0.4 is 10.5 Å². The highest BCUT2D eigenvalue weighted by atomic mass is 32.2. The fraction of sp³-hybridized carbons (Fsp3) is 0.136. The summed E-state index contributed by atoms with van der Waals surface area (Å²) < 4.78 is 23.1. The molecule has 0 saturated heterocycles. The van der Waals surface area contributed by atoms with Crippen LogP contribution in [0.15, 0.2) is 59.5 Å². The van der Waals surface area contributed by atoms with Gasteiger partial charge in [0.15, 0.2) is 0 Å². The second kappa shape index (κ2) is 7.47. The van der Waals surface area contributed by atoms with E-state index in [-0.39, 0.29) is 10.8 Å². The van der Waals surface area contributed by atoms with Crippen molar-refractivity contribution in [3.05, 3.63) is 71.3 Å². The standard InChI is InChI=1S/C22H21N5O2S/c1-13-6-4-7-14(2)20(13)16-10-15(3)21-19(11-16)26-27-22(25-21)24-17-8-5-9-18(12-17)30(23,28)29/h4-12H,1-3H3,(H2,23,28,29)(H,24,25,27). The van der Waals surface area contributed by atoms with Gasteiger partial charge in [0, 0.05) is 5.69 Å². The summed E-state index contributed by atoms with van der Waals surface area (Å²) in [4.78, 5) is 4.59. The molecule has 8 heteroatoms. The van der Waals surface area contributed by atoms with Crippen molar-refractivity contribution in [1.82, 2.24) is 15.2 Å². The number of hydrogen-bond acceptors (Lipinski definition) is 6. The van der Waals surface area contributed by atoms with E-state index in [2.05, 4.69) is 52.5 Å². The summed E-state index contributed by atoms with van der Waals surface area (Å²) in [5.41, 5.74) is 7.56. The Morgan fingerprint density at radius 3 is 2.27 bits per heavy atom. The van der Waals surface area contributed by atoms with Crippen molar-refractivity contribution in [3.63, 3.8) is 0 Å². The van der Waals surface area contributed by atoms with Crippen LogP contribution in [0, 0.1) is 20.8 Å². The van der Waals surface area contributed by atoms with Gasteiger partial charge in [0.25, 0.3) is 0 Å². The highest BCUT2D eigenvalue weighted by Crippen LogP contribution is 2.31. The van der Waals surface area contributed by atoms with Gasteiger partial charge in [-0.05, 0) is 78.9 Å². The number of aryl methyl sites for hydroxylation is 3. The molecule has 3 aromatic carbocycles. The molecule has 30 heavy (non-hydrogen) atoms. The number of nitrogens with one attached hydrogen (secondary N) is 1. The van der Waals surface area contributed by atoms with Gasteiger partial charge in [0.1, 0.15) is 5.52 Å². The Morgan fingerprint density at radius 1 is 0.867 bits per heavy atom. The molecule has 0 amide bonds. The molecule has 0 aliphatic heterocycles. The summed E-state index contributed by atoms with van der Waals surface area (Å²) in [6.45, 7) is 6.17. The van der Waals surface area contributed by atoms with Gasteiger partial charge < -0.3 is 5.32 Å². The molecule has 152 valence electrons. The lowest BCUT2D eigenvalue weighted by atomic mass is 9.94. The van der Waals surface area contributed by atoms with Crippen molar-refractivity contribution in [2.24, 2.45) is 5.14 Å². The number of anilines is 2. The lowest BCUT2D eigenvalue weighted by molar-refractivity contribution is 0.598. The molecule has 0 unspecified atom stereocenters. The lowest BCUT2D eigenvalue weighted by Crippen LogP contribution is -2.12. The first-order valence-corrected chi connectivity index (χ1v) is 10.9. The summed E-state index contributed by atoms with van der Waals surface area (Å²) in [7, 11) is -3.79. The Labute approximate surface area is 175 Å². The molecule has 0 saturated carbocycles. The van der Waals surface area contributed by atoms with Crippen LogP contribution in [0.25, 0.3) is 22.2 Å². The molecular weight excluding hydrogens is 398 g/mol. The molecule has 0 aliphatic rings. The third kappa shape index (κ3) is 3.87. The summed E-state index contributed by atoms with van der Waals surface area (Å²) in [5.74, 6) is 0.275. The van der Waals surface area contributed by atoms with E-state index >= 15 is 0 Å². The van der Waals surface area contributed by atoms with Gasteiger partial charge in [-0.1, -0.05) is 24.3 Å². The first kappa shape index (κ1) is 19.9. The van der Waals surface area contributed by atoms with Gasteiger partial charge in [-0.2, -0.15) is 0 Å². The number of sulfonamides is 1. The minimum atomic E-state index is -3.79. The normalized spacial score (nSPS) is 11.6. The molecule has 1 heterocycles. The van der Waals surface area contributed by atoms with Crippen LogP contribution in [0.1, 0.15) is 16.7 Å². The fourth-order valence-electron chi connectivity index (χ4n) is 3.56. The second-order valence-corrected chi connectivity index (χ2v) is 8.82. The highest BCUT2D eigenvalue weighted by molar-refractivity contribution is 7.89. The summed E-state index contributed by atoms with van der Waals surface area (Å²) in [6, 6.07) is 16.5. The van der Waals surface area contributed by atoms with Crippen molar-refractivity contribution in [3.8, 4) is 11.1 Å². The van der Waals surface area contributed by atoms with E-state index in [1.54, 1.807) is 12.1 Å². The Hall–Kier alpha value is -3.36. The first-order valence-electron chi connectivity index (χ1n) is 9.34. The van der Waals surface area contributed by atoms with Crippen LogP contribution >= 0.6 is 0 Å². The number of nitrogens with zero attached hydrogens (tertiary/aromatic N) is 3. The van der Waals surface area contributed by atoms with Crippen LogP contribution in [0.2, 0.25) is 0 Å². The maximum absolute atomic E-state index is 11.6. The number of benzene rings is 3. The topological polar surface area (TPSA) is 111 Å². The zero-order valence-corrected chi connectivity index (χ0v) is 17.7. The number of hydrogen-bond donors (Lipinski definition) is 2. The van der Waals surface area contributed by atoms with E-state index in [0.717, 1.165) is 16.6 Å². The number of fused-ring (bicyclic) bond motifs is 1. The quantitative estimate of drug-likeness (QED) is 0.517. The summed E-state index contributed by atoms with van der Waals surface area (Å²) in [6.07, 6.45) is 0. The monoisotopic (exact) mass is 419 g/mol. The van der Waals surface area contributed by atoms with Crippen molar-refractivity contribution in [2.75, 3.05) is 5.32 Å². The number of nitrogens with two attached hydrogens (primary N) is 1. The number of primary sulfonamides is 1. The van der Waals surface area contributed by atoms with Gasteiger partial charge in [-0.15, -0.1) is 10.2 Å². The predicted molar refractivity (Wildman–Crippen MR) is 118 cm³/mol. The van der Waals surface area contributed by atoms with Crippen LogP contribution in [-0.4, -0.2) is 23.6 Å². The molecule has 4 aromatic rings. The van der Waals surface area contributed by atoms with Crippen molar-refractivity contribution < 1.29 is 8.42 Å². The molecule has 0 bridgehead atoms. The number of aromatic nitrogens is 3. The van der Waals surface area contributed by atoms with Gasteiger partial charge in [0.05, 0.1) is 10.4 Å². The van der Waals surface area contributed by atoms with E-state index in [9.17, 15) is 8.42 Å². The third-order valence-corrected chi connectivity index (χ3v) is 5.85. The zero-order valence-electron chi connectivity index (χ0n) is 16.8. The predicted octanol–water partition coefficient (Wildman–Crippen LogP) is 4.01. The maximum atomic E-state index is 11.6. The maximum Gasteiger partial charge on any atom is 0.247 e. The SMILES string of the molecule is Cc1cccc(C)c1-c1cc(C)c2nc(Nc3cccc(S(N)(=O)=O)c3)nnc2c1. The molecule has 0 atom stereocenters. The average molecular weight is 420 g/mol. The largest absolute Gasteiger partial charge is 0.323 e. The number of rotatable bonds is 4. The molecule has 1 aromatic heterocycles. The minimum absolute atomic E-state index is 0.00988. The first-order chi connectivity index (χ1) is 14.2. The van der Waals surface area contributed by atoms with E-state index in [1.807, 2.05) is 19.1 Å². The Kier molecular flexibility index (Phi) is 4.97. The molecule has 3 N–H and O–H groups in total. The summed E-state index contributed by atoms with van der Waals surface area (Å²) >= 11 is 0. The van der Waals surface area contributed by atoms with Crippen LogP contribution in [0.4, 0.5) is 11.6 Å². The molecular formula is C22H21N5O2S. The minimum Gasteiger partial charge on any atom is -0.323 e. The highest BCUT2D eigenvalue weighted by Gasteiger charge is 2.12. The van der Waals surface area contributed by atoms with Gasteiger partial charge in [0.2, 0.25) is 16.0 Å². The molecule has 0 aliphatic carbocycles. The van der Waals surface area contributed by atoms with Gasteiger partial charge in [-0.25, -0.2) is 18.5 Å². The van der Waals surface area contributed by atoms with Crippen molar-refractivity contribution in [2.45, 2.75) is 25.7 Å². The molecule has 4 rings (SSSR count). The molecule has 0 radical (unpaired) electrons. The van der Waals surface area contributed by atoms with E-state index in [4.69, 9.17) is 5.14 Å². The third-order valence-electron chi connectivity index (χ3n) is 4.94. The van der Waals surface area contributed by atoms with E-state index in [1.165, 1.54) is 28.8 Å². The van der Waals surface area contributed by atoms with Crippen LogP contribution in [0.5, 0.6) is 0 Å². The Balaban J connectivity index is 1.73. The smallest absolute Gasteiger partial charge is 0.247 e. The van der Waals surface area contributed by atoms with Crippen molar-refractivity contribution in [1.29, 1.82) is 0 Å². The Morgan fingerprint density at radius 2 is 1.57 bits per heavy atom. The Bertz CT molecular complexity index is 1360. The van der Waals surface area contributed by atoms with E-state index in [0.29, 0.717) is 11.2 Å². The average Bonchev–Trinajstić information content (AvgIpc) is 2.68. The molecule has 7 nitrogen and oxygen atoms in total. The van der Waals surface area contributed by atoms with Gasteiger partial charge in [-0.3, -0.25) is 0 Å². The van der Waals surface area contributed by atoms with Crippen LogP contribution in [-0.2, 0) is 10.0 Å². The molecule has 0 fully saturated rings. The van der Waals surface area contributed by atoms with Crippen molar-refractivity contribution >= 4 is 32.7 Å². The lowest BCUT2D eigenvalue weighted by Gasteiger charge is -2.12. The van der Waals surface area contributed by atoms with Crippen LogP contribution in [0.3, 0.4) is 0 Å². The van der Waals surface area contributed by atoms with Gasteiger partial charge >= 0.3 is 0 Å². The summed E-state index contributed by atoms with van der Waals surface area (Å²) in [5, 5.41) is 16.7.